The summed E-state index contributed by atoms with van der Waals surface area (Å²) in [6.07, 6.45) is 3.30. The van der Waals surface area contributed by atoms with E-state index in [9.17, 15) is 0 Å². The number of rotatable bonds is 4. The normalized spacial score (nSPS) is 12.4. The van der Waals surface area contributed by atoms with E-state index >= 15 is 0 Å². The van der Waals surface area contributed by atoms with Crippen LogP contribution in [0.25, 0.3) is 0 Å². The molecule has 0 spiro atoms. The summed E-state index contributed by atoms with van der Waals surface area (Å²) in [4.78, 5) is 8.05. The number of nitrogens with zero attached hydrogens (tertiary/aromatic N) is 2. The Morgan fingerprint density at radius 3 is 2.94 bits per heavy atom. The molecule has 17 heavy (non-hydrogen) atoms. The van der Waals surface area contributed by atoms with E-state index in [4.69, 9.17) is 11.6 Å². The highest BCUT2D eigenvalue weighted by Gasteiger charge is 2.05. The van der Waals surface area contributed by atoms with Crippen molar-refractivity contribution in [1.29, 1.82) is 0 Å². The number of halogens is 1. The van der Waals surface area contributed by atoms with Crippen LogP contribution in [0.2, 0.25) is 5.02 Å². The first-order valence-electron chi connectivity index (χ1n) is 5.49. The van der Waals surface area contributed by atoms with Gasteiger partial charge in [-0.3, -0.25) is 0 Å². The number of nitrogens with one attached hydrogen (secondary N) is 1. The van der Waals surface area contributed by atoms with Crippen LogP contribution in [0.4, 0.5) is 0 Å². The molecular formula is C13H14ClN3. The summed E-state index contributed by atoms with van der Waals surface area (Å²) >= 11 is 5.96. The molecule has 1 atom stereocenters. The van der Waals surface area contributed by atoms with Gasteiger partial charge in [-0.05, 0) is 30.7 Å². The van der Waals surface area contributed by atoms with Crippen molar-refractivity contribution in [2.75, 3.05) is 0 Å². The maximum atomic E-state index is 5.96. The van der Waals surface area contributed by atoms with E-state index < -0.39 is 0 Å². The quantitative estimate of drug-likeness (QED) is 0.903. The molecule has 1 heterocycles. The summed E-state index contributed by atoms with van der Waals surface area (Å²) in [6, 6.07) is 10.0. The summed E-state index contributed by atoms with van der Waals surface area (Å²) in [7, 11) is 0. The van der Waals surface area contributed by atoms with Crippen molar-refractivity contribution in [3.63, 3.8) is 0 Å². The topological polar surface area (TPSA) is 37.8 Å². The van der Waals surface area contributed by atoms with Gasteiger partial charge in [0.25, 0.3) is 0 Å². The van der Waals surface area contributed by atoms with E-state index in [0.29, 0.717) is 0 Å². The fraction of sp³-hybridized carbons (Fsp3) is 0.231. The van der Waals surface area contributed by atoms with Gasteiger partial charge in [0.1, 0.15) is 6.33 Å². The van der Waals surface area contributed by atoms with E-state index in [2.05, 4.69) is 28.3 Å². The molecule has 0 radical (unpaired) electrons. The summed E-state index contributed by atoms with van der Waals surface area (Å²) in [5, 5.41) is 4.16. The fourth-order valence-corrected chi connectivity index (χ4v) is 1.77. The van der Waals surface area contributed by atoms with E-state index in [-0.39, 0.29) is 6.04 Å². The number of hydrogen-bond donors (Lipinski definition) is 1. The molecule has 3 nitrogen and oxygen atoms in total. The second-order valence-electron chi connectivity index (χ2n) is 3.86. The molecule has 0 amide bonds. The molecule has 1 aromatic carbocycles. The third-order valence-corrected chi connectivity index (χ3v) is 2.82. The highest BCUT2D eigenvalue weighted by atomic mass is 35.5. The molecule has 1 aromatic heterocycles. The average Bonchev–Trinajstić information content (AvgIpc) is 2.37. The second kappa shape index (κ2) is 5.75. The van der Waals surface area contributed by atoms with Crippen molar-refractivity contribution in [2.45, 2.75) is 19.5 Å². The van der Waals surface area contributed by atoms with E-state index in [1.165, 1.54) is 5.56 Å². The minimum Gasteiger partial charge on any atom is -0.305 e. The lowest BCUT2D eigenvalue weighted by atomic mass is 10.1. The van der Waals surface area contributed by atoms with Gasteiger partial charge < -0.3 is 5.32 Å². The van der Waals surface area contributed by atoms with Gasteiger partial charge in [-0.1, -0.05) is 23.7 Å². The third kappa shape index (κ3) is 3.51. The smallest absolute Gasteiger partial charge is 0.115 e. The molecule has 88 valence electrons. The predicted molar refractivity (Wildman–Crippen MR) is 68.7 cm³/mol. The molecule has 0 saturated carbocycles. The first-order chi connectivity index (χ1) is 8.25. The molecule has 0 aliphatic rings. The predicted octanol–water partition coefficient (Wildman–Crippen LogP) is 2.98. The van der Waals surface area contributed by atoms with E-state index in [1.807, 2.05) is 24.3 Å². The SMILES string of the molecule is C[C@H](NCc1ccncn1)c1cccc(Cl)c1. The number of hydrogen-bond acceptors (Lipinski definition) is 3. The Labute approximate surface area is 106 Å². The lowest BCUT2D eigenvalue weighted by Crippen LogP contribution is -2.18. The average molecular weight is 248 g/mol. The zero-order valence-electron chi connectivity index (χ0n) is 9.60. The summed E-state index contributed by atoms with van der Waals surface area (Å²) in [5.41, 5.74) is 2.15. The fourth-order valence-electron chi connectivity index (χ4n) is 1.57. The number of benzene rings is 1. The first-order valence-corrected chi connectivity index (χ1v) is 5.87. The molecule has 1 N–H and O–H groups in total. The summed E-state index contributed by atoms with van der Waals surface area (Å²) < 4.78 is 0. The molecular weight excluding hydrogens is 234 g/mol. The van der Waals surface area contributed by atoms with Crippen molar-refractivity contribution in [1.82, 2.24) is 15.3 Å². The lowest BCUT2D eigenvalue weighted by Gasteiger charge is -2.14. The third-order valence-electron chi connectivity index (χ3n) is 2.58. The largest absolute Gasteiger partial charge is 0.305 e. The Bertz CT molecular complexity index is 473. The Kier molecular flexibility index (Phi) is 4.07. The molecule has 0 saturated heterocycles. The Balaban J connectivity index is 1.96. The molecule has 0 unspecified atom stereocenters. The van der Waals surface area contributed by atoms with Crippen molar-refractivity contribution in [2.24, 2.45) is 0 Å². The molecule has 2 rings (SSSR count). The Morgan fingerprint density at radius 1 is 1.35 bits per heavy atom. The van der Waals surface area contributed by atoms with Crippen LogP contribution in [0, 0.1) is 0 Å². The van der Waals surface area contributed by atoms with Crippen molar-refractivity contribution in [3.05, 3.63) is 59.1 Å². The zero-order valence-corrected chi connectivity index (χ0v) is 10.4. The minimum absolute atomic E-state index is 0.240. The van der Waals surface area contributed by atoms with Crippen LogP contribution in [-0.4, -0.2) is 9.97 Å². The zero-order chi connectivity index (χ0) is 12.1. The van der Waals surface area contributed by atoms with Crippen LogP contribution in [-0.2, 0) is 6.54 Å². The maximum absolute atomic E-state index is 5.96. The van der Waals surface area contributed by atoms with Gasteiger partial charge in [-0.15, -0.1) is 0 Å². The van der Waals surface area contributed by atoms with Gasteiger partial charge in [0, 0.05) is 23.8 Å². The standard InChI is InChI=1S/C13H14ClN3/c1-10(11-3-2-4-12(14)7-11)16-8-13-5-6-15-9-17-13/h2-7,9-10,16H,8H2,1H3/t10-/m0/s1. The van der Waals surface area contributed by atoms with Crippen LogP contribution in [0.1, 0.15) is 24.2 Å². The minimum atomic E-state index is 0.240. The van der Waals surface area contributed by atoms with Crippen molar-refractivity contribution < 1.29 is 0 Å². The van der Waals surface area contributed by atoms with Crippen LogP contribution in [0.3, 0.4) is 0 Å². The molecule has 0 bridgehead atoms. The molecule has 0 aliphatic heterocycles. The molecule has 4 heteroatoms. The monoisotopic (exact) mass is 247 g/mol. The van der Waals surface area contributed by atoms with Crippen LogP contribution in [0.5, 0.6) is 0 Å². The van der Waals surface area contributed by atoms with E-state index in [1.54, 1.807) is 12.5 Å². The second-order valence-corrected chi connectivity index (χ2v) is 4.29. The van der Waals surface area contributed by atoms with Gasteiger partial charge >= 0.3 is 0 Å². The van der Waals surface area contributed by atoms with Gasteiger partial charge in [0.15, 0.2) is 0 Å². The van der Waals surface area contributed by atoms with Gasteiger partial charge in [0.2, 0.25) is 0 Å². The number of aromatic nitrogens is 2. The molecule has 2 aromatic rings. The van der Waals surface area contributed by atoms with Crippen LogP contribution >= 0.6 is 11.6 Å². The van der Waals surface area contributed by atoms with Crippen molar-refractivity contribution >= 4 is 11.6 Å². The van der Waals surface area contributed by atoms with Gasteiger partial charge in [-0.2, -0.15) is 0 Å². The highest BCUT2D eigenvalue weighted by Crippen LogP contribution is 2.17. The van der Waals surface area contributed by atoms with Gasteiger partial charge in [0.05, 0.1) is 5.69 Å². The molecule has 0 aliphatic carbocycles. The van der Waals surface area contributed by atoms with Crippen molar-refractivity contribution in [3.8, 4) is 0 Å². The van der Waals surface area contributed by atoms with Crippen LogP contribution in [0.15, 0.2) is 42.9 Å². The summed E-state index contributed by atoms with van der Waals surface area (Å²) in [6.45, 7) is 2.82. The first kappa shape index (κ1) is 12.0. The van der Waals surface area contributed by atoms with E-state index in [0.717, 1.165) is 17.3 Å². The summed E-state index contributed by atoms with van der Waals surface area (Å²) in [5.74, 6) is 0. The molecule has 0 fully saturated rings. The maximum Gasteiger partial charge on any atom is 0.115 e. The van der Waals surface area contributed by atoms with Crippen LogP contribution < -0.4 is 5.32 Å². The van der Waals surface area contributed by atoms with Gasteiger partial charge in [-0.25, -0.2) is 9.97 Å². The lowest BCUT2D eigenvalue weighted by molar-refractivity contribution is 0.567. The highest BCUT2D eigenvalue weighted by molar-refractivity contribution is 6.30. The Morgan fingerprint density at radius 2 is 2.24 bits per heavy atom. The Hall–Kier alpha value is -1.45.